The fourth-order valence-corrected chi connectivity index (χ4v) is 3.76. The molecular formula is C22H34N6O2. The van der Waals surface area contributed by atoms with E-state index < -0.39 is 0 Å². The number of imidazole rings is 1. The van der Waals surface area contributed by atoms with Gasteiger partial charge in [0.2, 0.25) is 0 Å². The third-order valence-corrected chi connectivity index (χ3v) is 5.80. The Balaban J connectivity index is 1.69. The lowest BCUT2D eigenvalue weighted by molar-refractivity contribution is 0.0827. The van der Waals surface area contributed by atoms with Crippen molar-refractivity contribution in [2.24, 2.45) is 0 Å². The van der Waals surface area contributed by atoms with Crippen LogP contribution in [0.3, 0.4) is 0 Å². The van der Waals surface area contributed by atoms with Crippen molar-refractivity contribution in [2.45, 2.75) is 46.3 Å². The third kappa shape index (κ3) is 4.75. The van der Waals surface area contributed by atoms with Crippen molar-refractivity contribution in [3.05, 3.63) is 29.6 Å². The summed E-state index contributed by atoms with van der Waals surface area (Å²) in [6, 6.07) is 5.97. The summed E-state index contributed by atoms with van der Waals surface area (Å²) >= 11 is 0. The highest BCUT2D eigenvalue weighted by molar-refractivity contribution is 5.97. The summed E-state index contributed by atoms with van der Waals surface area (Å²) in [6.07, 6.45) is 0.931. The smallest absolute Gasteiger partial charge is 0.317 e. The number of carbonyl (C=O) groups is 2. The van der Waals surface area contributed by atoms with E-state index in [9.17, 15) is 9.59 Å². The quantitative estimate of drug-likeness (QED) is 0.788. The second-order valence-electron chi connectivity index (χ2n) is 8.20. The summed E-state index contributed by atoms with van der Waals surface area (Å²) in [5.74, 6) is 0.982. The lowest BCUT2D eigenvalue weighted by atomic mass is 10.2. The number of hydrogen-bond donors (Lipinski definition) is 1. The Labute approximate surface area is 178 Å². The minimum atomic E-state index is -0.0173. The minimum absolute atomic E-state index is 0.0173. The monoisotopic (exact) mass is 414 g/mol. The van der Waals surface area contributed by atoms with Gasteiger partial charge in [0.25, 0.3) is 5.91 Å². The Bertz CT molecular complexity index is 898. The first-order valence-corrected chi connectivity index (χ1v) is 10.8. The van der Waals surface area contributed by atoms with E-state index in [4.69, 9.17) is 4.98 Å². The van der Waals surface area contributed by atoms with Crippen LogP contribution < -0.4 is 5.32 Å². The number of aryl methyl sites for hydroxylation is 1. The van der Waals surface area contributed by atoms with Gasteiger partial charge in [-0.3, -0.25) is 9.69 Å². The molecule has 1 saturated heterocycles. The van der Waals surface area contributed by atoms with E-state index in [1.54, 1.807) is 19.0 Å². The van der Waals surface area contributed by atoms with Crippen LogP contribution in [0.2, 0.25) is 0 Å². The molecule has 8 heteroatoms. The van der Waals surface area contributed by atoms with E-state index in [0.29, 0.717) is 5.56 Å². The van der Waals surface area contributed by atoms with Gasteiger partial charge in [-0.25, -0.2) is 9.78 Å². The molecule has 3 amide bonds. The zero-order valence-electron chi connectivity index (χ0n) is 18.8. The number of carbonyl (C=O) groups excluding carboxylic acids is 2. The van der Waals surface area contributed by atoms with Gasteiger partial charge < -0.3 is 19.7 Å². The third-order valence-electron chi connectivity index (χ3n) is 5.80. The molecule has 1 N–H and O–H groups in total. The van der Waals surface area contributed by atoms with Gasteiger partial charge in [0, 0.05) is 58.4 Å². The summed E-state index contributed by atoms with van der Waals surface area (Å²) in [5, 5.41) is 3.04. The standard InChI is InChI=1S/C22H34N6O2/c1-6-16(3)23-22(30)27-12-10-26(11-13-27)15-20-24-18-14-17(21(29)25(4)5)8-9-19(18)28(20)7-2/h8-9,14,16H,6-7,10-13,15H2,1-5H3,(H,23,30). The van der Waals surface area contributed by atoms with E-state index in [0.717, 1.165) is 62.5 Å². The maximum absolute atomic E-state index is 12.3. The van der Waals surface area contributed by atoms with E-state index in [1.165, 1.54) is 0 Å². The molecule has 0 bridgehead atoms. The number of nitrogens with one attached hydrogen (secondary N) is 1. The summed E-state index contributed by atoms with van der Waals surface area (Å²) in [6.45, 7) is 10.9. The summed E-state index contributed by atoms with van der Waals surface area (Å²) in [7, 11) is 3.51. The van der Waals surface area contributed by atoms with Gasteiger partial charge in [-0.1, -0.05) is 6.92 Å². The molecule has 2 aromatic rings. The fourth-order valence-electron chi connectivity index (χ4n) is 3.76. The van der Waals surface area contributed by atoms with Crippen molar-refractivity contribution in [3.8, 4) is 0 Å². The Kier molecular flexibility index (Phi) is 6.97. The van der Waals surface area contributed by atoms with Crippen LogP contribution >= 0.6 is 0 Å². The average molecular weight is 415 g/mol. The van der Waals surface area contributed by atoms with Crippen LogP contribution in [0.1, 0.15) is 43.4 Å². The molecule has 1 aromatic carbocycles. The molecule has 0 saturated carbocycles. The van der Waals surface area contributed by atoms with Crippen molar-refractivity contribution in [1.29, 1.82) is 0 Å². The molecule has 1 aromatic heterocycles. The zero-order chi connectivity index (χ0) is 21.8. The second-order valence-corrected chi connectivity index (χ2v) is 8.20. The van der Waals surface area contributed by atoms with Gasteiger partial charge in [0.15, 0.2) is 0 Å². The van der Waals surface area contributed by atoms with Gasteiger partial charge >= 0.3 is 6.03 Å². The normalized spacial score (nSPS) is 16.0. The van der Waals surface area contributed by atoms with E-state index in [-0.39, 0.29) is 18.0 Å². The minimum Gasteiger partial charge on any atom is -0.345 e. The van der Waals surface area contributed by atoms with Crippen LogP contribution in [-0.4, -0.2) is 82.5 Å². The van der Waals surface area contributed by atoms with Crippen molar-refractivity contribution in [3.63, 3.8) is 0 Å². The average Bonchev–Trinajstić information content (AvgIpc) is 3.09. The Morgan fingerprint density at radius 3 is 2.47 bits per heavy atom. The highest BCUT2D eigenvalue weighted by Crippen LogP contribution is 2.20. The lowest BCUT2D eigenvalue weighted by Gasteiger charge is -2.35. The summed E-state index contributed by atoms with van der Waals surface area (Å²) in [5.41, 5.74) is 2.56. The Hall–Kier alpha value is -2.61. The number of urea groups is 1. The molecule has 1 aliphatic rings. The van der Waals surface area contributed by atoms with Gasteiger partial charge in [0.1, 0.15) is 5.82 Å². The largest absolute Gasteiger partial charge is 0.345 e. The first-order valence-electron chi connectivity index (χ1n) is 10.8. The van der Waals surface area contributed by atoms with Crippen LogP contribution in [0.4, 0.5) is 4.79 Å². The highest BCUT2D eigenvalue weighted by Gasteiger charge is 2.23. The number of aromatic nitrogens is 2. The predicted octanol–water partition coefficient (Wildman–Crippen LogP) is 2.38. The molecule has 1 aliphatic heterocycles. The molecule has 1 atom stereocenters. The molecule has 1 fully saturated rings. The van der Waals surface area contributed by atoms with E-state index in [1.807, 2.05) is 30.0 Å². The number of piperazine rings is 1. The van der Waals surface area contributed by atoms with Crippen LogP contribution in [-0.2, 0) is 13.1 Å². The van der Waals surface area contributed by atoms with Crippen LogP contribution in [0.25, 0.3) is 11.0 Å². The van der Waals surface area contributed by atoms with Gasteiger partial charge in [-0.15, -0.1) is 0 Å². The SMILES string of the molecule is CCC(C)NC(=O)N1CCN(Cc2nc3cc(C(=O)N(C)C)ccc3n2CC)CC1. The molecule has 1 unspecified atom stereocenters. The van der Waals surface area contributed by atoms with Crippen LogP contribution in [0, 0.1) is 0 Å². The maximum Gasteiger partial charge on any atom is 0.317 e. The molecule has 0 aliphatic carbocycles. The fraction of sp³-hybridized carbons (Fsp3) is 0.591. The molecule has 0 radical (unpaired) electrons. The molecular weight excluding hydrogens is 380 g/mol. The Morgan fingerprint density at radius 2 is 1.87 bits per heavy atom. The topological polar surface area (TPSA) is 73.7 Å². The molecule has 0 spiro atoms. The van der Waals surface area contributed by atoms with E-state index in [2.05, 4.69) is 28.6 Å². The highest BCUT2D eigenvalue weighted by atomic mass is 16.2. The number of rotatable bonds is 6. The number of benzene rings is 1. The van der Waals surface area contributed by atoms with Crippen molar-refractivity contribution in [2.75, 3.05) is 40.3 Å². The van der Waals surface area contributed by atoms with E-state index >= 15 is 0 Å². The number of fused-ring (bicyclic) bond motifs is 1. The number of hydrogen-bond acceptors (Lipinski definition) is 4. The Morgan fingerprint density at radius 1 is 1.17 bits per heavy atom. The summed E-state index contributed by atoms with van der Waals surface area (Å²) < 4.78 is 2.21. The number of amides is 3. The maximum atomic E-state index is 12.3. The predicted molar refractivity (Wildman–Crippen MR) is 119 cm³/mol. The van der Waals surface area contributed by atoms with Gasteiger partial charge in [0.05, 0.1) is 17.6 Å². The second kappa shape index (κ2) is 9.47. The first-order chi connectivity index (χ1) is 14.3. The van der Waals surface area contributed by atoms with Gasteiger partial charge in [-0.2, -0.15) is 0 Å². The van der Waals surface area contributed by atoms with Crippen molar-refractivity contribution in [1.82, 2.24) is 29.6 Å². The first kappa shape index (κ1) is 22.1. The van der Waals surface area contributed by atoms with Crippen LogP contribution in [0.5, 0.6) is 0 Å². The van der Waals surface area contributed by atoms with Gasteiger partial charge in [-0.05, 0) is 38.5 Å². The lowest BCUT2D eigenvalue weighted by Crippen LogP contribution is -2.52. The summed E-state index contributed by atoms with van der Waals surface area (Å²) in [4.78, 5) is 35.3. The van der Waals surface area contributed by atoms with Crippen molar-refractivity contribution >= 4 is 23.0 Å². The molecule has 8 nitrogen and oxygen atoms in total. The molecule has 164 valence electrons. The number of nitrogens with zero attached hydrogens (tertiary/aromatic N) is 5. The molecule has 3 rings (SSSR count). The molecule has 30 heavy (non-hydrogen) atoms. The molecule has 2 heterocycles. The van der Waals surface area contributed by atoms with Crippen molar-refractivity contribution < 1.29 is 9.59 Å². The van der Waals surface area contributed by atoms with Crippen LogP contribution in [0.15, 0.2) is 18.2 Å². The zero-order valence-corrected chi connectivity index (χ0v) is 18.8.